The van der Waals surface area contributed by atoms with Gasteiger partial charge < -0.3 is 19.3 Å². The SMILES string of the molecule is CCCCCOc1ccc(C2/C(=C(\O)c3ccncc3)C(=O)C(=O)N2c2nc(C)c(C(=O)OC)s2)cc1OC. The van der Waals surface area contributed by atoms with E-state index in [9.17, 15) is 19.5 Å². The molecule has 1 amide bonds. The number of methoxy groups -OCH3 is 2. The minimum atomic E-state index is -1.06. The molecule has 1 aliphatic heterocycles. The van der Waals surface area contributed by atoms with Gasteiger partial charge in [0.2, 0.25) is 0 Å². The Kier molecular flexibility index (Phi) is 8.60. The molecular formula is C28H29N3O7S. The highest BCUT2D eigenvalue weighted by atomic mass is 32.1. The van der Waals surface area contributed by atoms with Crippen LogP contribution < -0.4 is 14.4 Å². The molecule has 10 nitrogen and oxygen atoms in total. The number of carbonyl (C=O) groups excluding carboxylic acids is 3. The third kappa shape index (κ3) is 5.49. The molecule has 0 saturated carbocycles. The first-order chi connectivity index (χ1) is 18.8. The molecule has 3 aromatic rings. The van der Waals surface area contributed by atoms with Crippen molar-refractivity contribution in [2.75, 3.05) is 25.7 Å². The van der Waals surface area contributed by atoms with Gasteiger partial charge in [-0.25, -0.2) is 9.78 Å². The fraction of sp³-hybridized carbons (Fsp3) is 0.321. The number of ether oxygens (including phenoxy) is 3. The van der Waals surface area contributed by atoms with E-state index in [0.29, 0.717) is 34.9 Å². The number of esters is 1. The fourth-order valence-corrected chi connectivity index (χ4v) is 5.30. The Labute approximate surface area is 229 Å². The normalized spacial score (nSPS) is 16.4. The van der Waals surface area contributed by atoms with Crippen molar-refractivity contribution >= 4 is 39.9 Å². The molecular weight excluding hydrogens is 522 g/mol. The number of aromatic nitrogens is 2. The van der Waals surface area contributed by atoms with E-state index in [-0.39, 0.29) is 21.3 Å². The van der Waals surface area contributed by atoms with Gasteiger partial charge in [0.05, 0.1) is 38.1 Å². The zero-order chi connectivity index (χ0) is 28.1. The molecule has 1 aliphatic rings. The lowest BCUT2D eigenvalue weighted by atomic mass is 9.95. The van der Waals surface area contributed by atoms with Crippen LogP contribution in [-0.2, 0) is 14.3 Å². The quantitative estimate of drug-likeness (QED) is 0.124. The first kappa shape index (κ1) is 27.8. The molecule has 1 fully saturated rings. The summed E-state index contributed by atoms with van der Waals surface area (Å²) in [5.74, 6) is -1.82. The molecule has 3 heterocycles. The number of aliphatic hydroxyl groups is 1. The molecule has 0 aliphatic carbocycles. The predicted octanol–water partition coefficient (Wildman–Crippen LogP) is 4.84. The van der Waals surface area contributed by atoms with E-state index in [2.05, 4.69) is 16.9 Å². The number of pyridine rings is 1. The third-order valence-electron chi connectivity index (χ3n) is 6.27. The number of ketones is 1. The second-order valence-electron chi connectivity index (χ2n) is 8.77. The Morgan fingerprint density at radius 2 is 1.85 bits per heavy atom. The van der Waals surface area contributed by atoms with Crippen LogP contribution in [0.3, 0.4) is 0 Å². The maximum atomic E-state index is 13.4. The Hall–Kier alpha value is -4.25. The number of anilines is 1. The standard InChI is InChI=1S/C28H29N3O7S/c1-5-6-7-14-38-19-9-8-18(15-20(19)36-3)22-21(23(32)17-10-12-29-13-11-17)24(33)26(34)31(22)28-30-16(2)25(39-28)27(35)37-4/h8-13,15,22,32H,5-7,14H2,1-4H3/b23-21+. The molecule has 1 N–H and O–H groups in total. The highest BCUT2D eigenvalue weighted by molar-refractivity contribution is 7.17. The summed E-state index contributed by atoms with van der Waals surface area (Å²) >= 11 is 0.929. The van der Waals surface area contributed by atoms with Gasteiger partial charge in [0.15, 0.2) is 16.6 Å². The van der Waals surface area contributed by atoms with Crippen molar-refractivity contribution in [3.8, 4) is 11.5 Å². The van der Waals surface area contributed by atoms with Gasteiger partial charge in [-0.2, -0.15) is 0 Å². The summed E-state index contributed by atoms with van der Waals surface area (Å²) in [4.78, 5) is 48.8. The van der Waals surface area contributed by atoms with Gasteiger partial charge >= 0.3 is 11.9 Å². The third-order valence-corrected chi connectivity index (χ3v) is 7.41. The zero-order valence-electron chi connectivity index (χ0n) is 22.1. The molecule has 0 bridgehead atoms. The summed E-state index contributed by atoms with van der Waals surface area (Å²) in [6.07, 6.45) is 5.93. The number of rotatable bonds is 10. The lowest BCUT2D eigenvalue weighted by Crippen LogP contribution is -2.29. The summed E-state index contributed by atoms with van der Waals surface area (Å²) in [5.41, 5.74) is 1.03. The second kappa shape index (κ2) is 12.1. The molecule has 1 unspecified atom stereocenters. The topological polar surface area (TPSA) is 128 Å². The fourth-order valence-electron chi connectivity index (χ4n) is 4.29. The molecule has 4 rings (SSSR count). The van der Waals surface area contributed by atoms with Gasteiger partial charge in [0, 0.05) is 18.0 Å². The van der Waals surface area contributed by atoms with Crippen LogP contribution in [-0.4, -0.2) is 53.6 Å². The first-order valence-corrected chi connectivity index (χ1v) is 13.2. The van der Waals surface area contributed by atoms with E-state index in [4.69, 9.17) is 14.2 Å². The molecule has 39 heavy (non-hydrogen) atoms. The van der Waals surface area contributed by atoms with Crippen LogP contribution in [0.1, 0.15) is 58.7 Å². The van der Waals surface area contributed by atoms with Crippen molar-refractivity contribution in [3.63, 3.8) is 0 Å². The Morgan fingerprint density at radius 1 is 1.10 bits per heavy atom. The zero-order valence-corrected chi connectivity index (χ0v) is 22.9. The number of carbonyl (C=O) groups is 3. The number of aryl methyl sites for hydroxylation is 1. The van der Waals surface area contributed by atoms with Crippen LogP contribution in [0.4, 0.5) is 5.13 Å². The maximum Gasteiger partial charge on any atom is 0.350 e. The second-order valence-corrected chi connectivity index (χ2v) is 9.75. The summed E-state index contributed by atoms with van der Waals surface area (Å²) in [5, 5.41) is 11.4. The van der Waals surface area contributed by atoms with Gasteiger partial charge in [-0.3, -0.25) is 19.5 Å². The van der Waals surface area contributed by atoms with E-state index in [1.54, 1.807) is 25.1 Å². The molecule has 0 radical (unpaired) electrons. The van der Waals surface area contributed by atoms with Gasteiger partial charge in [0.1, 0.15) is 10.6 Å². The lowest BCUT2D eigenvalue weighted by Gasteiger charge is -2.24. The number of nitrogens with zero attached hydrogens (tertiary/aromatic N) is 3. The lowest BCUT2D eigenvalue weighted by molar-refractivity contribution is -0.132. The van der Waals surface area contributed by atoms with E-state index < -0.39 is 23.7 Å². The Bertz CT molecular complexity index is 1420. The monoisotopic (exact) mass is 551 g/mol. The smallest absolute Gasteiger partial charge is 0.350 e. The van der Waals surface area contributed by atoms with Crippen LogP contribution in [0, 0.1) is 6.92 Å². The number of hydrogen-bond acceptors (Lipinski definition) is 10. The summed E-state index contributed by atoms with van der Waals surface area (Å²) in [7, 11) is 2.75. The highest BCUT2D eigenvalue weighted by Crippen LogP contribution is 2.45. The summed E-state index contributed by atoms with van der Waals surface area (Å²) in [6, 6.07) is 7.10. The number of amides is 1. The molecule has 0 spiro atoms. The Balaban J connectivity index is 1.86. The molecule has 11 heteroatoms. The van der Waals surface area contributed by atoms with Gasteiger partial charge in [-0.15, -0.1) is 0 Å². The number of hydrogen-bond donors (Lipinski definition) is 1. The van der Waals surface area contributed by atoms with Gasteiger partial charge in [0.25, 0.3) is 5.78 Å². The number of Topliss-reactive ketones (excluding diaryl/α,β-unsaturated/α-hetero) is 1. The molecule has 2 aromatic heterocycles. The van der Waals surface area contributed by atoms with E-state index in [1.165, 1.54) is 43.6 Å². The minimum Gasteiger partial charge on any atom is -0.507 e. The van der Waals surface area contributed by atoms with Crippen LogP contribution in [0.5, 0.6) is 11.5 Å². The number of aliphatic hydroxyl groups excluding tert-OH is 1. The van der Waals surface area contributed by atoms with Crippen molar-refractivity contribution in [1.29, 1.82) is 0 Å². The maximum absolute atomic E-state index is 13.4. The number of thiazole rings is 1. The average molecular weight is 552 g/mol. The van der Waals surface area contributed by atoms with Gasteiger partial charge in [-0.05, 0) is 43.2 Å². The van der Waals surface area contributed by atoms with Crippen LogP contribution in [0.15, 0.2) is 48.3 Å². The van der Waals surface area contributed by atoms with Crippen molar-refractivity contribution in [2.24, 2.45) is 0 Å². The average Bonchev–Trinajstić information content (AvgIpc) is 3.47. The van der Waals surface area contributed by atoms with Crippen LogP contribution >= 0.6 is 11.3 Å². The van der Waals surface area contributed by atoms with Crippen molar-refractivity contribution in [3.05, 3.63) is 70.0 Å². The largest absolute Gasteiger partial charge is 0.507 e. The summed E-state index contributed by atoms with van der Waals surface area (Å²) in [6.45, 7) is 4.23. The van der Waals surface area contributed by atoms with E-state index in [0.717, 1.165) is 30.6 Å². The van der Waals surface area contributed by atoms with E-state index in [1.807, 2.05) is 0 Å². The van der Waals surface area contributed by atoms with Crippen molar-refractivity contribution in [1.82, 2.24) is 9.97 Å². The number of unbranched alkanes of at least 4 members (excludes halogenated alkanes) is 2. The van der Waals surface area contributed by atoms with Gasteiger partial charge in [-0.1, -0.05) is 37.2 Å². The number of benzene rings is 1. The molecule has 1 aromatic carbocycles. The highest BCUT2D eigenvalue weighted by Gasteiger charge is 2.48. The molecule has 204 valence electrons. The van der Waals surface area contributed by atoms with Crippen LogP contribution in [0.2, 0.25) is 0 Å². The molecule has 1 atom stereocenters. The van der Waals surface area contributed by atoms with Crippen LogP contribution in [0.25, 0.3) is 5.76 Å². The molecule has 1 saturated heterocycles. The first-order valence-electron chi connectivity index (χ1n) is 12.4. The van der Waals surface area contributed by atoms with Crippen molar-refractivity contribution < 1.29 is 33.7 Å². The Morgan fingerprint density at radius 3 is 2.51 bits per heavy atom. The predicted molar refractivity (Wildman–Crippen MR) is 145 cm³/mol. The minimum absolute atomic E-state index is 0.118. The van der Waals surface area contributed by atoms with E-state index >= 15 is 0 Å². The summed E-state index contributed by atoms with van der Waals surface area (Å²) < 4.78 is 16.3. The van der Waals surface area contributed by atoms with Crippen molar-refractivity contribution in [2.45, 2.75) is 39.2 Å².